The van der Waals surface area contributed by atoms with Crippen molar-refractivity contribution in [3.63, 3.8) is 0 Å². The Morgan fingerprint density at radius 2 is 1.70 bits per heavy atom. The van der Waals surface area contributed by atoms with E-state index < -0.39 is 36.1 Å². The summed E-state index contributed by atoms with van der Waals surface area (Å²) >= 11 is 0. The van der Waals surface area contributed by atoms with Gasteiger partial charge in [0, 0.05) is 42.7 Å². The van der Waals surface area contributed by atoms with Gasteiger partial charge in [0.2, 0.25) is 0 Å². The minimum absolute atomic E-state index is 0.0627. The van der Waals surface area contributed by atoms with E-state index in [1.165, 1.54) is 23.8 Å². The minimum atomic E-state index is -1.16. The molecule has 1 aliphatic heterocycles. The standard InChI is InChI=1S/C26H34FNO5.C25H38O5/c1-15(2)25-21(11-10-19(29)12-20(30)13-23(31)32)24(17-6-8-18(27)9-7-17)22(14-33-5)26(28-25)16(3)4;1-6-25(4,5)24(28)30-21-12-15(2)11-17-8-7-16(3)20(23(17)21)10-9-19-13-18(26)14-22(27)29-19/h6-11,15-16,19-20,29-30H,12-14H2,1-5H3,(H,31,32);7-8,11,15-16,18-21,23,26H,6,9-10,12-14H2,1-5H3/b11-10+;/t19-,20-;15-,16-,18+,19+,20-,21-,23-/m10/s1. The van der Waals surface area contributed by atoms with Gasteiger partial charge in [-0.1, -0.05) is 91.0 Å². The molecule has 0 amide bonds. The van der Waals surface area contributed by atoms with Crippen molar-refractivity contribution in [2.45, 2.75) is 163 Å². The summed E-state index contributed by atoms with van der Waals surface area (Å²) < 4.78 is 30.8. The number of ether oxygens (including phenoxy) is 3. The molecule has 1 fully saturated rings. The Balaban J connectivity index is 0.000000278. The zero-order chi connectivity index (χ0) is 46.8. The number of aromatic nitrogens is 1. The Morgan fingerprint density at radius 1 is 1.03 bits per heavy atom. The molecular formula is C51H72FNO10. The van der Waals surface area contributed by atoms with Crippen molar-refractivity contribution in [1.29, 1.82) is 0 Å². The van der Waals surface area contributed by atoms with E-state index in [-0.39, 0.29) is 60.6 Å². The number of methoxy groups -OCH3 is 1. The van der Waals surface area contributed by atoms with Gasteiger partial charge >= 0.3 is 17.9 Å². The number of halogens is 1. The van der Waals surface area contributed by atoms with Crippen LogP contribution in [0.25, 0.3) is 17.2 Å². The molecule has 2 aromatic rings. The predicted octanol–water partition coefficient (Wildman–Crippen LogP) is 9.47. The molecule has 12 heteroatoms. The van der Waals surface area contributed by atoms with Gasteiger partial charge in [-0.05, 0) is 98.0 Å². The molecule has 1 saturated heterocycles. The van der Waals surface area contributed by atoms with Crippen LogP contribution in [0.1, 0.15) is 148 Å². The number of aliphatic hydroxyl groups excluding tert-OH is 3. The van der Waals surface area contributed by atoms with Gasteiger partial charge in [-0.15, -0.1) is 0 Å². The van der Waals surface area contributed by atoms with E-state index in [0.717, 1.165) is 59.3 Å². The zero-order valence-electron chi connectivity index (χ0n) is 39.0. The lowest BCUT2D eigenvalue weighted by Gasteiger charge is -2.44. The summed E-state index contributed by atoms with van der Waals surface area (Å²) in [5.74, 6) is -0.501. The number of esters is 2. The average Bonchev–Trinajstić information content (AvgIpc) is 3.19. The van der Waals surface area contributed by atoms with Crippen LogP contribution in [-0.4, -0.2) is 80.9 Å². The van der Waals surface area contributed by atoms with Crippen LogP contribution in [0.15, 0.2) is 54.1 Å². The number of benzene rings is 1. The van der Waals surface area contributed by atoms with Crippen LogP contribution >= 0.6 is 0 Å². The molecule has 0 radical (unpaired) electrons. The van der Waals surface area contributed by atoms with Crippen molar-refractivity contribution in [3.8, 4) is 11.1 Å². The number of cyclic esters (lactones) is 1. The topological polar surface area (TPSA) is 173 Å². The van der Waals surface area contributed by atoms with Crippen molar-refractivity contribution < 1.29 is 53.4 Å². The van der Waals surface area contributed by atoms with Gasteiger partial charge in [0.1, 0.15) is 18.0 Å². The highest BCUT2D eigenvalue weighted by molar-refractivity contribution is 5.80. The van der Waals surface area contributed by atoms with Gasteiger partial charge in [0.05, 0.1) is 48.9 Å². The second kappa shape index (κ2) is 23.1. The number of hydrogen-bond donors (Lipinski definition) is 4. The van der Waals surface area contributed by atoms with Crippen LogP contribution in [0.5, 0.6) is 0 Å². The number of carboxylic acid groups (broad SMARTS) is 1. The minimum Gasteiger partial charge on any atom is -0.481 e. The summed E-state index contributed by atoms with van der Waals surface area (Å²) in [4.78, 5) is 40.3. The lowest BCUT2D eigenvalue weighted by atomic mass is 9.65. The summed E-state index contributed by atoms with van der Waals surface area (Å²) in [5.41, 5.74) is 5.83. The third-order valence-corrected chi connectivity index (χ3v) is 12.7. The number of nitrogens with zero attached hydrogens (tertiary/aromatic N) is 1. The number of carboxylic acids is 1. The van der Waals surface area contributed by atoms with Crippen molar-refractivity contribution in [1.82, 2.24) is 4.98 Å². The van der Waals surface area contributed by atoms with Crippen LogP contribution < -0.4 is 0 Å². The first-order valence-corrected chi connectivity index (χ1v) is 22.7. The highest BCUT2D eigenvalue weighted by Crippen LogP contribution is 2.46. The zero-order valence-corrected chi connectivity index (χ0v) is 39.0. The first kappa shape index (κ1) is 51.4. The van der Waals surface area contributed by atoms with Crippen molar-refractivity contribution in [3.05, 3.63) is 82.5 Å². The van der Waals surface area contributed by atoms with E-state index in [9.17, 15) is 34.1 Å². The van der Waals surface area contributed by atoms with Crippen molar-refractivity contribution in [2.75, 3.05) is 7.11 Å². The summed E-state index contributed by atoms with van der Waals surface area (Å²) in [5, 5.41) is 39.0. The lowest BCUT2D eigenvalue weighted by Crippen LogP contribution is -2.43. The first-order valence-electron chi connectivity index (χ1n) is 22.7. The molecule has 3 aliphatic rings. The number of aliphatic hydroxyl groups is 3. The van der Waals surface area contributed by atoms with Crippen molar-refractivity contribution >= 4 is 24.0 Å². The van der Waals surface area contributed by atoms with E-state index >= 15 is 0 Å². The molecular weight excluding hydrogens is 806 g/mol. The number of rotatable bonds is 17. The Labute approximate surface area is 373 Å². The van der Waals surface area contributed by atoms with Crippen LogP contribution in [0.4, 0.5) is 4.39 Å². The Hall–Kier alpha value is -4.23. The Morgan fingerprint density at radius 3 is 2.29 bits per heavy atom. The van der Waals surface area contributed by atoms with Gasteiger partial charge in [-0.3, -0.25) is 19.4 Å². The monoisotopic (exact) mass is 878 g/mol. The first-order chi connectivity index (χ1) is 29.6. The number of aliphatic carboxylic acids is 1. The molecule has 2 aliphatic carbocycles. The number of hydrogen-bond acceptors (Lipinski definition) is 10. The van der Waals surface area contributed by atoms with Crippen molar-refractivity contribution in [2.24, 2.45) is 29.1 Å². The Kier molecular flexibility index (Phi) is 18.9. The highest BCUT2D eigenvalue weighted by Gasteiger charge is 2.43. The summed E-state index contributed by atoms with van der Waals surface area (Å²) in [6.07, 6.45) is 10.2. The van der Waals surface area contributed by atoms with Gasteiger partial charge in [0.25, 0.3) is 0 Å². The lowest BCUT2D eigenvalue weighted by molar-refractivity contribution is -0.166. The predicted molar refractivity (Wildman–Crippen MR) is 242 cm³/mol. The fourth-order valence-electron chi connectivity index (χ4n) is 8.93. The van der Waals surface area contributed by atoms with E-state index in [4.69, 9.17) is 24.3 Å². The van der Waals surface area contributed by atoms with Crippen LogP contribution in [0.3, 0.4) is 0 Å². The molecule has 0 saturated carbocycles. The smallest absolute Gasteiger partial charge is 0.311 e. The normalized spacial score (nSPS) is 24.6. The molecule has 4 N–H and O–H groups in total. The molecule has 2 heterocycles. The molecule has 0 spiro atoms. The molecule has 0 unspecified atom stereocenters. The van der Waals surface area contributed by atoms with Crippen LogP contribution in [0, 0.1) is 34.9 Å². The molecule has 11 nitrogen and oxygen atoms in total. The highest BCUT2D eigenvalue weighted by atomic mass is 19.1. The molecule has 1 aromatic carbocycles. The fraction of sp³-hybridized carbons (Fsp3) is 0.608. The second-order valence-corrected chi connectivity index (χ2v) is 19.1. The third kappa shape index (κ3) is 14.1. The molecule has 0 bridgehead atoms. The summed E-state index contributed by atoms with van der Waals surface area (Å²) in [6.45, 7) is 18.8. The van der Waals surface area contributed by atoms with E-state index in [2.05, 4.69) is 45.9 Å². The summed E-state index contributed by atoms with van der Waals surface area (Å²) in [6, 6.07) is 6.23. The number of fused-ring (bicyclic) bond motifs is 1. The van der Waals surface area contributed by atoms with E-state index in [1.807, 2.05) is 34.6 Å². The van der Waals surface area contributed by atoms with Crippen LogP contribution in [-0.2, 0) is 35.2 Å². The number of carbonyl (C=O) groups excluding carboxylic acids is 2. The SMILES string of the molecule is CCC(C)(C)C(=O)O[C@H]1C[C@@H](C)C=C2C=C[C@H](C)[C@H](CC[C@@H]3C[C@@H](O)CC(=O)O3)[C@H]21.COCc1c(C(C)C)nc(C(C)C)c(/C=C/[C@@H](O)C[C@@H](O)CC(=O)O)c1-c1ccc(F)cc1. The number of pyridine rings is 1. The second-order valence-electron chi connectivity index (χ2n) is 19.1. The molecule has 1 aromatic heterocycles. The van der Waals surface area contributed by atoms with E-state index in [1.54, 1.807) is 25.3 Å². The van der Waals surface area contributed by atoms with Gasteiger partial charge in [0.15, 0.2) is 0 Å². The van der Waals surface area contributed by atoms with Gasteiger partial charge in [-0.25, -0.2) is 4.39 Å². The largest absolute Gasteiger partial charge is 0.481 e. The van der Waals surface area contributed by atoms with Gasteiger partial charge < -0.3 is 34.6 Å². The maximum Gasteiger partial charge on any atom is 0.311 e. The quantitative estimate of drug-likeness (QED) is 0.112. The maximum absolute atomic E-state index is 13.7. The Bertz CT molecular complexity index is 1950. The maximum atomic E-state index is 13.7. The molecule has 9 atom stereocenters. The summed E-state index contributed by atoms with van der Waals surface area (Å²) in [7, 11) is 1.61. The average molecular weight is 878 g/mol. The van der Waals surface area contributed by atoms with Gasteiger partial charge in [-0.2, -0.15) is 0 Å². The number of carbonyl (C=O) groups is 3. The molecule has 63 heavy (non-hydrogen) atoms. The third-order valence-electron chi connectivity index (χ3n) is 12.7. The molecule has 5 rings (SSSR count). The fourth-order valence-corrected chi connectivity index (χ4v) is 8.93. The number of allylic oxidation sites excluding steroid dienone is 3. The molecule has 348 valence electrons. The van der Waals surface area contributed by atoms with E-state index in [0.29, 0.717) is 30.8 Å². The van der Waals surface area contributed by atoms with Crippen LogP contribution in [0.2, 0.25) is 0 Å².